The van der Waals surface area contributed by atoms with E-state index in [4.69, 9.17) is 14.6 Å². The van der Waals surface area contributed by atoms with Crippen LogP contribution in [0.3, 0.4) is 0 Å². The molecule has 0 fully saturated rings. The minimum atomic E-state index is 0.0214. The lowest BCUT2D eigenvalue weighted by atomic mass is 9.77. The molecule has 0 saturated carbocycles. The van der Waals surface area contributed by atoms with Gasteiger partial charge in [0.25, 0.3) is 0 Å². The summed E-state index contributed by atoms with van der Waals surface area (Å²) in [6.07, 6.45) is 3.67. The van der Waals surface area contributed by atoms with Gasteiger partial charge in [0.1, 0.15) is 11.5 Å². The van der Waals surface area contributed by atoms with Crippen LogP contribution in [0.4, 0.5) is 0 Å². The Kier molecular flexibility index (Phi) is 5.14. The lowest BCUT2D eigenvalue weighted by Crippen LogP contribution is -2.28. The van der Waals surface area contributed by atoms with Crippen LogP contribution >= 0.6 is 0 Å². The molecule has 1 heterocycles. The Hall–Kier alpha value is -3.08. The predicted octanol–water partition coefficient (Wildman–Crippen LogP) is 4.52. The minimum absolute atomic E-state index is 0.0214. The SMILES string of the molecule is COc1ccc(C2C3CCc4ccc(OC)cc4C3=NN2C(C)=CC(C)=O)cc1. The van der Waals surface area contributed by atoms with Gasteiger partial charge in [-0.1, -0.05) is 18.2 Å². The van der Waals surface area contributed by atoms with E-state index in [1.54, 1.807) is 27.2 Å². The highest BCUT2D eigenvalue weighted by Gasteiger charge is 2.42. The second-order valence-electron chi connectivity index (χ2n) is 7.61. The molecule has 2 aromatic rings. The first-order valence-electron chi connectivity index (χ1n) is 9.89. The number of hydrogen-bond acceptors (Lipinski definition) is 5. The summed E-state index contributed by atoms with van der Waals surface area (Å²) >= 11 is 0. The number of hydrogen-bond donors (Lipinski definition) is 0. The van der Waals surface area contributed by atoms with E-state index >= 15 is 0 Å². The van der Waals surface area contributed by atoms with Crippen molar-refractivity contribution in [1.82, 2.24) is 5.01 Å². The van der Waals surface area contributed by atoms with Gasteiger partial charge in [-0.2, -0.15) is 5.10 Å². The van der Waals surface area contributed by atoms with Crippen LogP contribution in [0.2, 0.25) is 0 Å². The van der Waals surface area contributed by atoms with Gasteiger partial charge < -0.3 is 9.47 Å². The number of rotatable bonds is 5. The van der Waals surface area contributed by atoms with Gasteiger partial charge in [-0.15, -0.1) is 0 Å². The lowest BCUT2D eigenvalue weighted by molar-refractivity contribution is -0.112. The third-order valence-corrected chi connectivity index (χ3v) is 5.76. The highest BCUT2D eigenvalue weighted by atomic mass is 16.5. The molecule has 2 aliphatic rings. The number of carbonyl (C=O) groups excluding carboxylic acids is 1. The number of carbonyl (C=O) groups is 1. The molecule has 150 valence electrons. The van der Waals surface area contributed by atoms with Gasteiger partial charge in [-0.05, 0) is 62.1 Å². The summed E-state index contributed by atoms with van der Waals surface area (Å²) in [7, 11) is 3.36. The average molecular weight is 390 g/mol. The molecule has 2 atom stereocenters. The van der Waals surface area contributed by atoms with Crippen molar-refractivity contribution in [2.45, 2.75) is 32.7 Å². The molecule has 2 aromatic carbocycles. The van der Waals surface area contributed by atoms with Crippen molar-refractivity contribution in [1.29, 1.82) is 0 Å². The van der Waals surface area contributed by atoms with Crippen molar-refractivity contribution in [3.8, 4) is 11.5 Å². The smallest absolute Gasteiger partial charge is 0.154 e. The predicted molar refractivity (Wildman–Crippen MR) is 113 cm³/mol. The van der Waals surface area contributed by atoms with E-state index in [9.17, 15) is 4.79 Å². The summed E-state index contributed by atoms with van der Waals surface area (Å²) in [6, 6.07) is 14.4. The summed E-state index contributed by atoms with van der Waals surface area (Å²) in [5.41, 5.74) is 5.53. The highest BCUT2D eigenvalue weighted by Crippen LogP contribution is 2.45. The number of ketones is 1. The van der Waals surface area contributed by atoms with E-state index in [0.29, 0.717) is 0 Å². The number of fused-ring (bicyclic) bond motifs is 3. The fourth-order valence-electron chi connectivity index (χ4n) is 4.40. The van der Waals surface area contributed by atoms with Crippen LogP contribution in [-0.2, 0) is 11.2 Å². The number of hydrazone groups is 1. The van der Waals surface area contributed by atoms with E-state index in [2.05, 4.69) is 24.3 Å². The third-order valence-electron chi connectivity index (χ3n) is 5.76. The second kappa shape index (κ2) is 7.74. The van der Waals surface area contributed by atoms with Crippen molar-refractivity contribution in [2.75, 3.05) is 14.2 Å². The highest BCUT2D eigenvalue weighted by molar-refractivity contribution is 6.06. The first-order chi connectivity index (χ1) is 14.0. The molecule has 5 heteroatoms. The Balaban J connectivity index is 1.81. The van der Waals surface area contributed by atoms with Gasteiger partial charge in [0, 0.05) is 23.3 Å². The van der Waals surface area contributed by atoms with Crippen molar-refractivity contribution in [3.05, 3.63) is 70.9 Å². The number of methoxy groups -OCH3 is 2. The second-order valence-corrected chi connectivity index (χ2v) is 7.61. The first-order valence-corrected chi connectivity index (χ1v) is 9.89. The van der Waals surface area contributed by atoms with Crippen molar-refractivity contribution in [2.24, 2.45) is 11.0 Å². The zero-order valence-electron chi connectivity index (χ0n) is 17.3. The number of nitrogens with zero attached hydrogens (tertiary/aromatic N) is 2. The van der Waals surface area contributed by atoms with Crippen molar-refractivity contribution >= 4 is 11.5 Å². The van der Waals surface area contributed by atoms with Gasteiger partial charge in [0.05, 0.1) is 26.0 Å². The molecule has 0 aromatic heterocycles. The van der Waals surface area contributed by atoms with Crippen molar-refractivity contribution in [3.63, 3.8) is 0 Å². The molecule has 4 rings (SSSR count). The van der Waals surface area contributed by atoms with E-state index < -0.39 is 0 Å². The molecule has 0 N–H and O–H groups in total. The van der Waals surface area contributed by atoms with E-state index in [-0.39, 0.29) is 17.7 Å². The van der Waals surface area contributed by atoms with E-state index in [0.717, 1.165) is 46.9 Å². The molecule has 1 aliphatic heterocycles. The summed E-state index contributed by atoms with van der Waals surface area (Å²) in [6.45, 7) is 3.52. The maximum absolute atomic E-state index is 11.7. The molecular formula is C24H26N2O3. The van der Waals surface area contributed by atoms with Crippen LogP contribution in [0.1, 0.15) is 43.0 Å². The van der Waals surface area contributed by atoms with Crippen LogP contribution in [0.15, 0.2) is 59.3 Å². The van der Waals surface area contributed by atoms with Gasteiger partial charge in [0.2, 0.25) is 0 Å². The molecule has 1 aliphatic carbocycles. The Morgan fingerprint density at radius 1 is 1.07 bits per heavy atom. The van der Waals surface area contributed by atoms with E-state index in [1.165, 1.54) is 5.56 Å². The zero-order chi connectivity index (χ0) is 20.5. The summed E-state index contributed by atoms with van der Waals surface area (Å²) in [5, 5.41) is 7.03. The van der Waals surface area contributed by atoms with Crippen LogP contribution in [-0.4, -0.2) is 30.7 Å². The molecule has 5 nitrogen and oxygen atoms in total. The molecular weight excluding hydrogens is 364 g/mol. The van der Waals surface area contributed by atoms with Gasteiger partial charge in [0.15, 0.2) is 5.78 Å². The molecule has 0 saturated heterocycles. The monoisotopic (exact) mass is 390 g/mol. The largest absolute Gasteiger partial charge is 0.497 e. The fourth-order valence-corrected chi connectivity index (χ4v) is 4.40. The number of benzene rings is 2. The quantitative estimate of drug-likeness (QED) is 0.705. The maximum atomic E-state index is 11.7. The molecule has 0 radical (unpaired) electrons. The Morgan fingerprint density at radius 3 is 2.41 bits per heavy atom. The fraction of sp³-hybridized carbons (Fsp3) is 0.333. The minimum Gasteiger partial charge on any atom is -0.497 e. The number of ether oxygens (including phenoxy) is 2. The van der Waals surface area contributed by atoms with Gasteiger partial charge in [-0.25, -0.2) is 0 Å². The number of aryl methyl sites for hydroxylation is 1. The lowest BCUT2D eigenvalue weighted by Gasteiger charge is -2.31. The Bertz CT molecular complexity index is 992. The summed E-state index contributed by atoms with van der Waals surface area (Å²) in [4.78, 5) is 11.7. The standard InChI is InChI=1S/C24H26N2O3/c1-15(13-16(2)27)26-24(18-6-9-19(28-3)10-7-18)21-12-8-17-5-11-20(29-4)14-22(17)23(21)25-26/h5-7,9-11,13-14,21,24H,8,12H2,1-4H3. The Morgan fingerprint density at radius 2 is 1.76 bits per heavy atom. The Labute approximate surface area is 171 Å². The van der Waals surface area contributed by atoms with Crippen LogP contribution in [0, 0.1) is 5.92 Å². The van der Waals surface area contributed by atoms with Crippen LogP contribution in [0.25, 0.3) is 0 Å². The van der Waals surface area contributed by atoms with Crippen LogP contribution in [0.5, 0.6) is 11.5 Å². The van der Waals surface area contributed by atoms with Crippen LogP contribution < -0.4 is 9.47 Å². The van der Waals surface area contributed by atoms with E-state index in [1.807, 2.05) is 30.1 Å². The number of allylic oxidation sites excluding steroid dienone is 2. The van der Waals surface area contributed by atoms with Gasteiger partial charge >= 0.3 is 0 Å². The van der Waals surface area contributed by atoms with Gasteiger partial charge in [-0.3, -0.25) is 9.80 Å². The average Bonchev–Trinajstić information content (AvgIpc) is 3.13. The topological polar surface area (TPSA) is 51.1 Å². The summed E-state index contributed by atoms with van der Waals surface area (Å²) in [5.74, 6) is 1.93. The third kappa shape index (κ3) is 3.53. The zero-order valence-corrected chi connectivity index (χ0v) is 17.3. The molecule has 0 spiro atoms. The maximum Gasteiger partial charge on any atom is 0.154 e. The normalized spacial score (nSPS) is 20.6. The summed E-state index contributed by atoms with van der Waals surface area (Å²) < 4.78 is 10.8. The van der Waals surface area contributed by atoms with Crippen molar-refractivity contribution < 1.29 is 14.3 Å². The molecule has 0 amide bonds. The molecule has 2 unspecified atom stereocenters. The molecule has 0 bridgehead atoms. The molecule has 29 heavy (non-hydrogen) atoms. The first kappa shape index (κ1) is 19.2.